The van der Waals surface area contributed by atoms with E-state index in [9.17, 15) is 8.42 Å². The highest BCUT2D eigenvalue weighted by Crippen LogP contribution is 2.28. The predicted octanol–water partition coefficient (Wildman–Crippen LogP) is 1.91. The largest absolute Gasteiger partial charge is 0.493 e. The Hall–Kier alpha value is -2.05. The molecule has 0 spiro atoms. The van der Waals surface area contributed by atoms with Gasteiger partial charge in [-0.15, -0.1) is 0 Å². The number of hydrogen-bond acceptors (Lipinski definition) is 4. The summed E-state index contributed by atoms with van der Waals surface area (Å²) in [5, 5.41) is 8.98. The van der Waals surface area contributed by atoms with Gasteiger partial charge in [-0.2, -0.15) is 0 Å². The Balaban J connectivity index is 1.86. The molecule has 0 atom stereocenters. The predicted molar refractivity (Wildman–Crippen MR) is 78.8 cm³/mol. The van der Waals surface area contributed by atoms with Crippen LogP contribution in [0.5, 0.6) is 5.75 Å². The quantitative estimate of drug-likeness (QED) is 0.905. The molecule has 0 saturated carbocycles. The van der Waals surface area contributed by atoms with Gasteiger partial charge in [-0.25, -0.2) is 8.42 Å². The summed E-state index contributed by atoms with van der Waals surface area (Å²) in [6.45, 7) is 0.521. The lowest BCUT2D eigenvalue weighted by atomic mass is 10.2. The molecular weight excluding hydrogens is 290 g/mol. The number of rotatable bonds is 4. The zero-order valence-electron chi connectivity index (χ0n) is 11.2. The number of hydrogen-bond donors (Lipinski definition) is 2. The van der Waals surface area contributed by atoms with Gasteiger partial charge in [0.1, 0.15) is 5.75 Å². The van der Waals surface area contributed by atoms with Crippen molar-refractivity contribution in [1.82, 2.24) is 0 Å². The first kappa shape index (κ1) is 13.9. The first-order valence-electron chi connectivity index (χ1n) is 6.57. The second kappa shape index (κ2) is 5.38. The number of aliphatic hydroxyl groups is 1. The van der Waals surface area contributed by atoms with E-state index in [-0.39, 0.29) is 11.5 Å². The summed E-state index contributed by atoms with van der Waals surface area (Å²) in [7, 11) is -3.62. The van der Waals surface area contributed by atoms with Crippen LogP contribution in [0.25, 0.3) is 0 Å². The maximum atomic E-state index is 12.4. The Morgan fingerprint density at radius 2 is 1.90 bits per heavy atom. The van der Waals surface area contributed by atoms with Crippen molar-refractivity contribution in [3.05, 3.63) is 53.6 Å². The molecule has 5 nitrogen and oxygen atoms in total. The summed E-state index contributed by atoms with van der Waals surface area (Å²) < 4.78 is 32.6. The monoisotopic (exact) mass is 305 g/mol. The standard InChI is InChI=1S/C15H15NO4S/c17-10-11-1-3-13(4-2-11)16-21(18,19)14-5-6-15-12(9-14)7-8-20-15/h1-6,9,16-17H,7-8,10H2. The molecule has 110 valence electrons. The maximum absolute atomic E-state index is 12.4. The van der Waals surface area contributed by atoms with Gasteiger partial charge in [0.25, 0.3) is 10.0 Å². The summed E-state index contributed by atoms with van der Waals surface area (Å²) in [6, 6.07) is 11.5. The van der Waals surface area contributed by atoms with Crippen LogP contribution in [0.15, 0.2) is 47.4 Å². The molecule has 0 amide bonds. The third-order valence-electron chi connectivity index (χ3n) is 3.36. The van der Waals surface area contributed by atoms with Crippen LogP contribution in [0.3, 0.4) is 0 Å². The molecule has 21 heavy (non-hydrogen) atoms. The number of aliphatic hydroxyl groups excluding tert-OH is 1. The lowest BCUT2D eigenvalue weighted by Crippen LogP contribution is -2.13. The number of ether oxygens (including phenoxy) is 1. The van der Waals surface area contributed by atoms with Crippen LogP contribution in [-0.2, 0) is 23.1 Å². The fourth-order valence-corrected chi connectivity index (χ4v) is 3.33. The van der Waals surface area contributed by atoms with Crippen molar-refractivity contribution in [2.75, 3.05) is 11.3 Å². The van der Waals surface area contributed by atoms with Crippen LogP contribution < -0.4 is 9.46 Å². The van der Waals surface area contributed by atoms with E-state index in [1.54, 1.807) is 36.4 Å². The topological polar surface area (TPSA) is 75.6 Å². The molecule has 0 bridgehead atoms. The highest BCUT2D eigenvalue weighted by molar-refractivity contribution is 7.92. The van der Waals surface area contributed by atoms with E-state index in [2.05, 4.69) is 4.72 Å². The van der Waals surface area contributed by atoms with E-state index in [0.29, 0.717) is 12.3 Å². The highest BCUT2D eigenvalue weighted by atomic mass is 32.2. The smallest absolute Gasteiger partial charge is 0.261 e. The van der Waals surface area contributed by atoms with Gasteiger partial charge >= 0.3 is 0 Å². The molecule has 2 N–H and O–H groups in total. The minimum atomic E-state index is -3.62. The van der Waals surface area contributed by atoms with Gasteiger partial charge in [0, 0.05) is 12.1 Å². The molecule has 6 heteroatoms. The van der Waals surface area contributed by atoms with Crippen LogP contribution in [0.2, 0.25) is 0 Å². The van der Waals surface area contributed by atoms with Crippen LogP contribution in [0.4, 0.5) is 5.69 Å². The fraction of sp³-hybridized carbons (Fsp3) is 0.200. The second-order valence-electron chi connectivity index (χ2n) is 4.83. The fourth-order valence-electron chi connectivity index (χ4n) is 2.22. The maximum Gasteiger partial charge on any atom is 0.261 e. The third kappa shape index (κ3) is 2.86. The zero-order chi connectivity index (χ0) is 14.9. The van der Waals surface area contributed by atoms with Crippen LogP contribution in [-0.4, -0.2) is 20.1 Å². The third-order valence-corrected chi connectivity index (χ3v) is 4.74. The van der Waals surface area contributed by atoms with Gasteiger partial charge in [-0.3, -0.25) is 4.72 Å². The Labute approximate surface area is 123 Å². The Kier molecular flexibility index (Phi) is 3.57. The molecule has 0 saturated heterocycles. The molecule has 2 aromatic carbocycles. The molecule has 1 aliphatic rings. The highest BCUT2D eigenvalue weighted by Gasteiger charge is 2.19. The van der Waals surface area contributed by atoms with Gasteiger partial charge in [-0.05, 0) is 41.5 Å². The van der Waals surface area contributed by atoms with E-state index in [4.69, 9.17) is 9.84 Å². The lowest BCUT2D eigenvalue weighted by molar-refractivity contribution is 0.282. The summed E-state index contributed by atoms with van der Waals surface area (Å²) >= 11 is 0. The number of fused-ring (bicyclic) bond motifs is 1. The van der Waals surface area contributed by atoms with Crippen molar-refractivity contribution in [1.29, 1.82) is 0 Å². The average molecular weight is 305 g/mol. The van der Waals surface area contributed by atoms with E-state index in [0.717, 1.165) is 23.3 Å². The van der Waals surface area contributed by atoms with E-state index < -0.39 is 10.0 Å². The minimum absolute atomic E-state index is 0.0716. The van der Waals surface area contributed by atoms with Crippen LogP contribution in [0, 0.1) is 0 Å². The van der Waals surface area contributed by atoms with Gasteiger partial charge in [0.15, 0.2) is 0 Å². The molecule has 0 unspecified atom stereocenters. The Morgan fingerprint density at radius 1 is 1.14 bits per heavy atom. The van der Waals surface area contributed by atoms with Gasteiger partial charge < -0.3 is 9.84 Å². The lowest BCUT2D eigenvalue weighted by Gasteiger charge is -2.09. The molecule has 1 aliphatic heterocycles. The van der Waals surface area contributed by atoms with Crippen molar-refractivity contribution in [3.8, 4) is 5.75 Å². The molecule has 0 aliphatic carbocycles. The zero-order valence-corrected chi connectivity index (χ0v) is 12.1. The Bertz CT molecular complexity index is 754. The minimum Gasteiger partial charge on any atom is -0.493 e. The molecule has 1 heterocycles. The summed E-state index contributed by atoms with van der Waals surface area (Å²) in [5.41, 5.74) is 2.10. The van der Waals surface area contributed by atoms with E-state index >= 15 is 0 Å². The van der Waals surface area contributed by atoms with E-state index in [1.807, 2.05) is 0 Å². The van der Waals surface area contributed by atoms with Crippen LogP contribution >= 0.6 is 0 Å². The summed E-state index contributed by atoms with van der Waals surface area (Å²) in [6.07, 6.45) is 0.726. The van der Waals surface area contributed by atoms with Crippen molar-refractivity contribution >= 4 is 15.7 Å². The number of nitrogens with one attached hydrogen (secondary N) is 1. The molecule has 3 rings (SSSR count). The SMILES string of the molecule is O=S(=O)(Nc1ccc(CO)cc1)c1ccc2c(c1)CCO2. The number of benzene rings is 2. The van der Waals surface area contributed by atoms with Gasteiger partial charge in [-0.1, -0.05) is 12.1 Å². The van der Waals surface area contributed by atoms with Crippen molar-refractivity contribution < 1.29 is 18.3 Å². The number of anilines is 1. The van der Waals surface area contributed by atoms with Gasteiger partial charge in [0.05, 0.1) is 18.1 Å². The van der Waals surface area contributed by atoms with E-state index in [1.165, 1.54) is 6.07 Å². The molecule has 2 aromatic rings. The van der Waals surface area contributed by atoms with Crippen molar-refractivity contribution in [2.45, 2.75) is 17.9 Å². The molecule has 0 radical (unpaired) electrons. The van der Waals surface area contributed by atoms with Crippen molar-refractivity contribution in [3.63, 3.8) is 0 Å². The molecule has 0 aromatic heterocycles. The first-order chi connectivity index (χ1) is 10.1. The van der Waals surface area contributed by atoms with Gasteiger partial charge in [0.2, 0.25) is 0 Å². The Morgan fingerprint density at radius 3 is 2.62 bits per heavy atom. The number of sulfonamides is 1. The second-order valence-corrected chi connectivity index (χ2v) is 6.51. The summed E-state index contributed by atoms with van der Waals surface area (Å²) in [5.74, 6) is 0.751. The molecular formula is C15H15NO4S. The molecule has 0 fully saturated rings. The summed E-state index contributed by atoms with van der Waals surface area (Å²) in [4.78, 5) is 0.220. The van der Waals surface area contributed by atoms with Crippen molar-refractivity contribution in [2.24, 2.45) is 0 Å². The normalized spacial score (nSPS) is 13.6. The van der Waals surface area contributed by atoms with Crippen LogP contribution in [0.1, 0.15) is 11.1 Å². The first-order valence-corrected chi connectivity index (χ1v) is 8.05. The average Bonchev–Trinajstić information content (AvgIpc) is 2.95.